The Labute approximate surface area is 140 Å². The van der Waals surface area contributed by atoms with E-state index in [2.05, 4.69) is 13.8 Å². The van der Waals surface area contributed by atoms with Crippen molar-refractivity contribution in [1.82, 2.24) is 4.57 Å². The highest BCUT2D eigenvalue weighted by Gasteiger charge is 2.28. The number of benzene rings is 1. The molecule has 1 aliphatic heterocycles. The fourth-order valence-electron chi connectivity index (χ4n) is 3.28. The van der Waals surface area contributed by atoms with Crippen LogP contribution in [0.3, 0.4) is 0 Å². The van der Waals surface area contributed by atoms with Crippen molar-refractivity contribution in [2.45, 2.75) is 33.2 Å². The lowest BCUT2D eigenvalue weighted by Crippen LogP contribution is -2.28. The highest BCUT2D eigenvalue weighted by Crippen LogP contribution is 2.38. The summed E-state index contributed by atoms with van der Waals surface area (Å²) in [5.41, 5.74) is 2.42. The maximum atomic E-state index is 12.4. The average molecular weight is 327 g/mol. The summed E-state index contributed by atoms with van der Waals surface area (Å²) in [7, 11) is 0. The Morgan fingerprint density at radius 3 is 2.79 bits per heavy atom. The summed E-state index contributed by atoms with van der Waals surface area (Å²) < 4.78 is 6.99. The third kappa shape index (κ3) is 2.70. The molecule has 0 spiro atoms. The van der Waals surface area contributed by atoms with E-state index in [0.717, 1.165) is 23.2 Å². The zero-order chi connectivity index (χ0) is 17.4. The number of ether oxygens (including phenoxy) is 1. The maximum absolute atomic E-state index is 12.4. The Kier molecular flexibility index (Phi) is 4.18. The summed E-state index contributed by atoms with van der Waals surface area (Å²) in [6, 6.07) is 6.77. The van der Waals surface area contributed by atoms with Gasteiger partial charge in [0.15, 0.2) is 5.43 Å². The molecule has 5 heteroatoms. The number of phenolic OH excluding ortho intramolecular Hbond substituents is 1. The van der Waals surface area contributed by atoms with Crippen molar-refractivity contribution >= 4 is 5.97 Å². The zero-order valence-electron chi connectivity index (χ0n) is 14.1. The fraction of sp³-hybridized carbons (Fsp3) is 0.368. The molecule has 1 aliphatic rings. The predicted molar refractivity (Wildman–Crippen MR) is 91.3 cm³/mol. The molecule has 0 aliphatic carbocycles. The molecule has 1 aromatic heterocycles. The lowest BCUT2D eigenvalue weighted by Gasteiger charge is -2.33. The number of carbonyl (C=O) groups is 1. The third-order valence-corrected chi connectivity index (χ3v) is 4.50. The molecule has 0 radical (unpaired) electrons. The van der Waals surface area contributed by atoms with Crippen LogP contribution in [0, 0.1) is 5.92 Å². The van der Waals surface area contributed by atoms with E-state index in [-0.39, 0.29) is 29.4 Å². The van der Waals surface area contributed by atoms with Gasteiger partial charge in [0, 0.05) is 23.9 Å². The minimum Gasteiger partial charge on any atom is -0.508 e. The van der Waals surface area contributed by atoms with Crippen molar-refractivity contribution in [3.63, 3.8) is 0 Å². The molecule has 1 aromatic carbocycles. The van der Waals surface area contributed by atoms with E-state index in [1.165, 1.54) is 6.07 Å². The summed E-state index contributed by atoms with van der Waals surface area (Å²) in [5.74, 6) is -0.0659. The summed E-state index contributed by atoms with van der Waals surface area (Å²) in [6.07, 6.45) is 2.36. The van der Waals surface area contributed by atoms with Crippen molar-refractivity contribution in [3.05, 3.63) is 51.8 Å². The molecule has 2 heterocycles. The first-order chi connectivity index (χ1) is 11.4. The number of fused-ring (bicyclic) bond motifs is 3. The van der Waals surface area contributed by atoms with Crippen LogP contribution in [0.2, 0.25) is 0 Å². The van der Waals surface area contributed by atoms with E-state index in [9.17, 15) is 14.7 Å². The van der Waals surface area contributed by atoms with Crippen LogP contribution in [0.5, 0.6) is 5.75 Å². The van der Waals surface area contributed by atoms with Crippen LogP contribution in [0.15, 0.2) is 35.3 Å². The second-order valence-electron chi connectivity index (χ2n) is 6.42. The van der Waals surface area contributed by atoms with Crippen LogP contribution in [-0.4, -0.2) is 22.2 Å². The monoisotopic (exact) mass is 327 g/mol. The summed E-state index contributed by atoms with van der Waals surface area (Å²) in [5, 5.41) is 9.76. The van der Waals surface area contributed by atoms with Gasteiger partial charge in [0.25, 0.3) is 0 Å². The van der Waals surface area contributed by atoms with E-state index in [0.29, 0.717) is 5.92 Å². The second-order valence-corrected chi connectivity index (χ2v) is 6.42. The van der Waals surface area contributed by atoms with Gasteiger partial charge in [0.2, 0.25) is 0 Å². The number of aromatic nitrogens is 1. The highest BCUT2D eigenvalue weighted by atomic mass is 16.5. The quantitative estimate of drug-likeness (QED) is 0.879. The average Bonchev–Trinajstić information content (AvgIpc) is 2.53. The topological polar surface area (TPSA) is 68.5 Å². The van der Waals surface area contributed by atoms with Gasteiger partial charge in [-0.25, -0.2) is 4.79 Å². The molecule has 126 valence electrons. The number of nitrogens with zero attached hydrogens (tertiary/aromatic N) is 1. The van der Waals surface area contributed by atoms with Crippen LogP contribution in [-0.2, 0) is 11.2 Å². The minimum atomic E-state index is -0.586. The number of esters is 1. The Morgan fingerprint density at radius 2 is 2.12 bits per heavy atom. The molecule has 2 aromatic rings. The number of hydrogen-bond donors (Lipinski definition) is 1. The number of aromatic hydroxyl groups is 1. The summed E-state index contributed by atoms with van der Waals surface area (Å²) >= 11 is 0. The van der Waals surface area contributed by atoms with Gasteiger partial charge in [-0.3, -0.25) is 4.79 Å². The number of phenols is 1. The van der Waals surface area contributed by atoms with Gasteiger partial charge < -0.3 is 14.4 Å². The zero-order valence-corrected chi connectivity index (χ0v) is 14.1. The highest BCUT2D eigenvalue weighted by molar-refractivity contribution is 5.89. The standard InChI is InChI=1S/C19H21NO4/c1-4-24-19(23)15-10-20-16(11(2)3)8-12-7-13(21)5-6-14(12)17(20)9-18(15)22/h5-7,9-11,16,21H,4,8H2,1-3H3. The number of hydrogen-bond acceptors (Lipinski definition) is 4. The first-order valence-electron chi connectivity index (χ1n) is 8.18. The van der Waals surface area contributed by atoms with Gasteiger partial charge in [-0.05, 0) is 43.0 Å². The van der Waals surface area contributed by atoms with Gasteiger partial charge >= 0.3 is 5.97 Å². The van der Waals surface area contributed by atoms with E-state index in [4.69, 9.17) is 4.74 Å². The van der Waals surface area contributed by atoms with Crippen LogP contribution in [0.4, 0.5) is 0 Å². The molecule has 0 bridgehead atoms. The molecular weight excluding hydrogens is 306 g/mol. The lowest BCUT2D eigenvalue weighted by atomic mass is 9.87. The van der Waals surface area contributed by atoms with Gasteiger partial charge in [-0.15, -0.1) is 0 Å². The van der Waals surface area contributed by atoms with Gasteiger partial charge in [0.05, 0.1) is 12.3 Å². The first kappa shape index (κ1) is 16.3. The molecule has 1 N–H and O–H groups in total. The lowest BCUT2D eigenvalue weighted by molar-refractivity contribution is 0.0523. The number of pyridine rings is 1. The van der Waals surface area contributed by atoms with E-state index >= 15 is 0 Å². The van der Waals surface area contributed by atoms with Crippen molar-refractivity contribution in [1.29, 1.82) is 0 Å². The summed E-state index contributed by atoms with van der Waals surface area (Å²) in [4.78, 5) is 24.4. The maximum Gasteiger partial charge on any atom is 0.343 e. The molecule has 5 nitrogen and oxygen atoms in total. The molecule has 0 fully saturated rings. The van der Waals surface area contributed by atoms with E-state index in [1.807, 2.05) is 10.6 Å². The van der Waals surface area contributed by atoms with Gasteiger partial charge in [-0.2, -0.15) is 0 Å². The van der Waals surface area contributed by atoms with Crippen LogP contribution in [0.1, 0.15) is 42.7 Å². The van der Waals surface area contributed by atoms with Crippen molar-refractivity contribution in [3.8, 4) is 17.0 Å². The van der Waals surface area contributed by atoms with Crippen LogP contribution in [0.25, 0.3) is 11.3 Å². The molecule has 0 amide bonds. The minimum absolute atomic E-state index is 0.0634. The Bertz CT molecular complexity index is 851. The first-order valence-corrected chi connectivity index (χ1v) is 8.18. The molecule has 1 atom stereocenters. The second kappa shape index (κ2) is 6.15. The van der Waals surface area contributed by atoms with Gasteiger partial charge in [-0.1, -0.05) is 13.8 Å². The summed E-state index contributed by atoms with van der Waals surface area (Å²) in [6.45, 7) is 6.15. The number of rotatable bonds is 3. The Hall–Kier alpha value is -2.56. The molecule has 0 saturated carbocycles. The van der Waals surface area contributed by atoms with E-state index < -0.39 is 5.97 Å². The van der Waals surface area contributed by atoms with Crippen LogP contribution < -0.4 is 5.43 Å². The molecular formula is C19H21NO4. The molecule has 24 heavy (non-hydrogen) atoms. The normalized spacial score (nSPS) is 15.8. The molecule has 3 rings (SSSR count). The van der Waals surface area contributed by atoms with Gasteiger partial charge in [0.1, 0.15) is 11.3 Å². The van der Waals surface area contributed by atoms with Crippen LogP contribution >= 0.6 is 0 Å². The largest absolute Gasteiger partial charge is 0.508 e. The Morgan fingerprint density at radius 1 is 1.38 bits per heavy atom. The molecule has 0 saturated heterocycles. The van der Waals surface area contributed by atoms with E-state index in [1.54, 1.807) is 25.3 Å². The fourth-order valence-corrected chi connectivity index (χ4v) is 3.28. The molecule has 1 unspecified atom stereocenters. The smallest absolute Gasteiger partial charge is 0.343 e. The van der Waals surface area contributed by atoms with Crippen molar-refractivity contribution in [2.24, 2.45) is 5.92 Å². The van der Waals surface area contributed by atoms with Crippen molar-refractivity contribution < 1.29 is 14.6 Å². The SMILES string of the molecule is CCOC(=O)c1cn2c(cc1=O)-c1ccc(O)cc1CC2C(C)C. The van der Waals surface area contributed by atoms with Crippen molar-refractivity contribution in [2.75, 3.05) is 6.61 Å². The Balaban J connectivity index is 2.22. The number of carbonyl (C=O) groups excluding carboxylic acids is 1. The third-order valence-electron chi connectivity index (χ3n) is 4.50. The predicted octanol–water partition coefficient (Wildman–Crippen LogP) is 3.15.